The first-order valence-electron chi connectivity index (χ1n) is 18.6. The fourth-order valence-electron chi connectivity index (χ4n) is 8.74. The van der Waals surface area contributed by atoms with Gasteiger partial charge in [0.15, 0.2) is 0 Å². The molecule has 2 saturated carbocycles. The lowest BCUT2D eigenvalue weighted by atomic mass is 9.75. The average molecular weight is 672 g/mol. The minimum atomic E-state index is -1.41. The molecule has 2 aromatic rings. The number of rotatable bonds is 13. The second kappa shape index (κ2) is 15.8. The highest BCUT2D eigenvalue weighted by molar-refractivity contribution is 6.01. The molecule has 0 bridgehead atoms. The van der Waals surface area contributed by atoms with Crippen LogP contribution in [0.25, 0.3) is 10.8 Å². The molecule has 4 amide bonds. The number of primary amides is 1. The summed E-state index contributed by atoms with van der Waals surface area (Å²) in [6.07, 6.45) is 13.3. The van der Waals surface area contributed by atoms with Gasteiger partial charge in [0.1, 0.15) is 23.9 Å². The van der Waals surface area contributed by atoms with Crippen molar-refractivity contribution in [3.05, 3.63) is 48.0 Å². The fourth-order valence-corrected chi connectivity index (χ4v) is 8.74. The van der Waals surface area contributed by atoms with Crippen molar-refractivity contribution in [2.45, 2.75) is 120 Å². The van der Waals surface area contributed by atoms with Gasteiger partial charge in [0.05, 0.1) is 6.42 Å². The first kappa shape index (κ1) is 35.1. The van der Waals surface area contributed by atoms with Crippen molar-refractivity contribution >= 4 is 40.7 Å². The Bertz CT molecular complexity index is 1510. The van der Waals surface area contributed by atoms with Crippen LogP contribution in [0.15, 0.2) is 42.5 Å². The number of hydrogen-bond acceptors (Lipinski definition) is 6. The van der Waals surface area contributed by atoms with Gasteiger partial charge in [-0.25, -0.2) is 0 Å². The van der Waals surface area contributed by atoms with E-state index in [0.29, 0.717) is 43.6 Å². The van der Waals surface area contributed by atoms with Crippen molar-refractivity contribution < 1.29 is 24.0 Å². The third-order valence-corrected chi connectivity index (χ3v) is 11.6. The predicted molar refractivity (Wildman–Crippen MR) is 188 cm³/mol. The summed E-state index contributed by atoms with van der Waals surface area (Å²) in [6, 6.07) is 11.8. The van der Waals surface area contributed by atoms with E-state index in [1.165, 1.54) is 6.42 Å². The molecule has 2 aliphatic carbocycles. The minimum Gasteiger partial charge on any atom is -0.370 e. The molecule has 4 aliphatic rings. The topological polar surface area (TPSA) is 142 Å². The highest BCUT2D eigenvalue weighted by atomic mass is 16.2. The van der Waals surface area contributed by atoms with Gasteiger partial charge >= 0.3 is 0 Å². The molecule has 10 heteroatoms. The standard InChI is InChI=1S/C39H53N5O5/c40-35(46)24-39(26-45,23-28-12-9-13-28)42-37(48)34-22-32(43-18-7-2-8-19-43)25-44(34)38(49)33(20-27-10-3-1-4-11-27)41-36(47)31-17-16-29-14-5-6-15-30(29)21-31/h5-6,14-17,21,26-28,32-34H,1-4,7-13,18-20,22-25H2,(H2,40,46)(H,41,47)(H,42,48)/t32-,33+,34-,39?/m0/s1. The van der Waals surface area contributed by atoms with E-state index in [9.17, 15) is 24.0 Å². The van der Waals surface area contributed by atoms with Crippen molar-refractivity contribution in [2.75, 3.05) is 19.6 Å². The third kappa shape index (κ3) is 8.51. The molecule has 6 rings (SSSR count). The molecule has 49 heavy (non-hydrogen) atoms. The number of likely N-dealkylation sites (tertiary alicyclic amines) is 2. The van der Waals surface area contributed by atoms with Crippen molar-refractivity contribution in [3.8, 4) is 0 Å². The monoisotopic (exact) mass is 671 g/mol. The summed E-state index contributed by atoms with van der Waals surface area (Å²) in [6.45, 7) is 2.19. The molecule has 0 spiro atoms. The predicted octanol–water partition coefficient (Wildman–Crippen LogP) is 4.48. The molecular formula is C39H53N5O5. The Labute approximate surface area is 289 Å². The molecule has 4 fully saturated rings. The summed E-state index contributed by atoms with van der Waals surface area (Å²) >= 11 is 0. The number of amides is 4. The average Bonchev–Trinajstić information content (AvgIpc) is 3.55. The number of carbonyl (C=O) groups excluding carboxylic acids is 5. The Morgan fingerprint density at radius 1 is 0.878 bits per heavy atom. The minimum absolute atomic E-state index is 0.0140. The maximum atomic E-state index is 14.8. The Morgan fingerprint density at radius 3 is 2.24 bits per heavy atom. The van der Waals surface area contributed by atoms with E-state index >= 15 is 0 Å². The lowest BCUT2D eigenvalue weighted by molar-refractivity contribution is -0.142. The SMILES string of the molecule is NC(=O)CC(C=O)(CC1CCC1)NC(=O)[C@@H]1C[C@H](N2CCCCC2)CN1C(=O)[C@@H](CC1CCCCC1)NC(=O)c1ccc2ccccc2c1. The van der Waals surface area contributed by atoms with Crippen LogP contribution in [0, 0.1) is 11.8 Å². The lowest BCUT2D eigenvalue weighted by Crippen LogP contribution is -2.59. The molecule has 2 aliphatic heterocycles. The van der Waals surface area contributed by atoms with Gasteiger partial charge in [-0.2, -0.15) is 0 Å². The van der Waals surface area contributed by atoms with Gasteiger partial charge in [-0.1, -0.05) is 88.1 Å². The van der Waals surface area contributed by atoms with E-state index in [1.807, 2.05) is 36.4 Å². The summed E-state index contributed by atoms with van der Waals surface area (Å²) < 4.78 is 0. The van der Waals surface area contributed by atoms with Crippen LogP contribution in [0.1, 0.15) is 107 Å². The van der Waals surface area contributed by atoms with Gasteiger partial charge < -0.3 is 26.1 Å². The molecule has 264 valence electrons. The second-order valence-corrected chi connectivity index (χ2v) is 15.2. The van der Waals surface area contributed by atoms with Crippen LogP contribution in [-0.4, -0.2) is 83.0 Å². The Balaban J connectivity index is 1.27. The molecule has 0 radical (unpaired) electrons. The van der Waals surface area contributed by atoms with E-state index in [0.717, 1.165) is 88.1 Å². The summed E-state index contributed by atoms with van der Waals surface area (Å²) in [5, 5.41) is 8.05. The van der Waals surface area contributed by atoms with Crippen molar-refractivity contribution in [3.63, 3.8) is 0 Å². The molecule has 2 heterocycles. The Kier molecular flexibility index (Phi) is 11.3. The lowest BCUT2D eigenvalue weighted by Gasteiger charge is -2.37. The van der Waals surface area contributed by atoms with Crippen molar-refractivity contribution in [1.29, 1.82) is 0 Å². The number of nitrogens with zero attached hydrogens (tertiary/aromatic N) is 2. The van der Waals surface area contributed by atoms with Gasteiger partial charge in [-0.15, -0.1) is 0 Å². The quantitative estimate of drug-likeness (QED) is 0.268. The Morgan fingerprint density at radius 2 is 1.57 bits per heavy atom. The van der Waals surface area contributed by atoms with E-state index in [4.69, 9.17) is 5.73 Å². The molecule has 2 aromatic carbocycles. The number of fused-ring (bicyclic) bond motifs is 1. The van der Waals surface area contributed by atoms with Gasteiger partial charge in [-0.3, -0.25) is 24.1 Å². The normalized spacial score (nSPS) is 24.0. The number of aldehydes is 1. The molecule has 0 aromatic heterocycles. The van der Waals surface area contributed by atoms with Crippen LogP contribution < -0.4 is 16.4 Å². The van der Waals surface area contributed by atoms with Crippen LogP contribution in [0.2, 0.25) is 0 Å². The van der Waals surface area contributed by atoms with E-state index in [1.54, 1.807) is 11.0 Å². The van der Waals surface area contributed by atoms with Crippen LogP contribution in [0.4, 0.5) is 0 Å². The number of hydrogen-bond donors (Lipinski definition) is 3. The number of nitrogens with two attached hydrogens (primary N) is 1. The summed E-state index contributed by atoms with van der Waals surface area (Å²) in [4.78, 5) is 71.7. The van der Waals surface area contributed by atoms with Crippen LogP contribution in [-0.2, 0) is 19.2 Å². The zero-order valence-electron chi connectivity index (χ0n) is 28.7. The van der Waals surface area contributed by atoms with Gasteiger partial charge in [0, 0.05) is 18.2 Å². The van der Waals surface area contributed by atoms with Crippen LogP contribution in [0.5, 0.6) is 0 Å². The molecule has 2 saturated heterocycles. The zero-order valence-corrected chi connectivity index (χ0v) is 28.7. The fraction of sp³-hybridized carbons (Fsp3) is 0.615. The van der Waals surface area contributed by atoms with E-state index in [-0.39, 0.29) is 30.2 Å². The zero-order chi connectivity index (χ0) is 34.4. The number of piperidine rings is 1. The number of carbonyl (C=O) groups is 5. The van der Waals surface area contributed by atoms with E-state index < -0.39 is 29.4 Å². The second-order valence-electron chi connectivity index (χ2n) is 15.2. The Hall–Kier alpha value is -3.79. The van der Waals surface area contributed by atoms with Crippen molar-refractivity contribution in [2.24, 2.45) is 17.6 Å². The summed E-state index contributed by atoms with van der Waals surface area (Å²) in [5.41, 5.74) is 4.69. The molecule has 1 unspecified atom stereocenters. The summed E-state index contributed by atoms with van der Waals surface area (Å²) in [5.74, 6) is -1.12. The molecule has 4 N–H and O–H groups in total. The first-order chi connectivity index (χ1) is 23.7. The van der Waals surface area contributed by atoms with Crippen molar-refractivity contribution in [1.82, 2.24) is 20.4 Å². The highest BCUT2D eigenvalue weighted by Crippen LogP contribution is 2.35. The number of benzene rings is 2. The maximum Gasteiger partial charge on any atom is 0.251 e. The maximum absolute atomic E-state index is 14.8. The molecular weight excluding hydrogens is 618 g/mol. The third-order valence-electron chi connectivity index (χ3n) is 11.6. The van der Waals surface area contributed by atoms with Gasteiger partial charge in [-0.05, 0) is 79.9 Å². The van der Waals surface area contributed by atoms with Crippen LogP contribution >= 0.6 is 0 Å². The smallest absolute Gasteiger partial charge is 0.251 e. The van der Waals surface area contributed by atoms with Crippen LogP contribution in [0.3, 0.4) is 0 Å². The van der Waals surface area contributed by atoms with Gasteiger partial charge in [0.2, 0.25) is 17.7 Å². The number of nitrogens with one attached hydrogen (secondary N) is 2. The van der Waals surface area contributed by atoms with E-state index in [2.05, 4.69) is 15.5 Å². The van der Waals surface area contributed by atoms with Gasteiger partial charge in [0.25, 0.3) is 5.91 Å². The molecule has 10 nitrogen and oxygen atoms in total. The molecule has 4 atom stereocenters. The summed E-state index contributed by atoms with van der Waals surface area (Å²) in [7, 11) is 0. The first-order valence-corrected chi connectivity index (χ1v) is 18.6. The largest absolute Gasteiger partial charge is 0.370 e. The highest BCUT2D eigenvalue weighted by Gasteiger charge is 2.47.